The number of nitrogens with one attached hydrogen (secondary N) is 1. The van der Waals surface area contributed by atoms with Crippen molar-refractivity contribution in [1.82, 2.24) is 4.98 Å². The van der Waals surface area contributed by atoms with Crippen LogP contribution in [-0.2, 0) is 0 Å². The molecule has 5 nitrogen and oxygen atoms in total. The maximum atomic E-state index is 5.66. The molecule has 0 aliphatic carbocycles. The highest BCUT2D eigenvalue weighted by Crippen LogP contribution is 2.28. The zero-order chi connectivity index (χ0) is 22.2. The largest absolute Gasteiger partial charge is 0.497 e. The normalized spacial score (nSPS) is 11.3. The zero-order valence-corrected chi connectivity index (χ0v) is 18.8. The molecule has 0 saturated carbocycles. The van der Waals surface area contributed by atoms with E-state index in [0.717, 1.165) is 44.2 Å². The Morgan fingerprint density at radius 2 is 1.52 bits per heavy atom. The molecule has 0 radical (unpaired) electrons. The van der Waals surface area contributed by atoms with Gasteiger partial charge in [-0.2, -0.15) is 0 Å². The Labute approximate surface area is 188 Å². The number of methoxy groups -OCH3 is 2. The Morgan fingerprint density at radius 1 is 0.871 bits per heavy atom. The number of nitrogens with two attached hydrogens (primary N) is 1. The van der Waals surface area contributed by atoms with E-state index in [1.165, 1.54) is 0 Å². The minimum Gasteiger partial charge on any atom is -0.497 e. The molecule has 0 bridgehead atoms. The fourth-order valence-corrected chi connectivity index (χ4v) is 3.12. The van der Waals surface area contributed by atoms with Crippen molar-refractivity contribution in [2.24, 2.45) is 5.73 Å². The summed E-state index contributed by atoms with van der Waals surface area (Å²) in [6.45, 7) is 1.96. The highest BCUT2D eigenvalue weighted by atomic mass is 32.1. The van der Waals surface area contributed by atoms with Crippen molar-refractivity contribution in [3.63, 3.8) is 0 Å². The first kappa shape index (κ1) is 22.5. The van der Waals surface area contributed by atoms with Gasteiger partial charge in [-0.15, -0.1) is 12.6 Å². The van der Waals surface area contributed by atoms with Crippen LogP contribution in [-0.4, -0.2) is 19.2 Å². The molecule has 0 amide bonds. The molecule has 160 valence electrons. The molecular formula is C25H27N3O2S. The van der Waals surface area contributed by atoms with Crippen molar-refractivity contribution in [2.75, 3.05) is 19.5 Å². The summed E-state index contributed by atoms with van der Waals surface area (Å²) in [7, 11) is 3.31. The smallest absolute Gasteiger partial charge is 0.121 e. The number of ether oxygens (including phenoxy) is 2. The van der Waals surface area contributed by atoms with Crippen LogP contribution in [0.1, 0.15) is 18.5 Å². The van der Waals surface area contributed by atoms with Crippen LogP contribution in [0.25, 0.3) is 10.9 Å². The number of fused-ring (bicyclic) bond motifs is 1. The topological polar surface area (TPSA) is 69.4 Å². The Kier molecular flexibility index (Phi) is 7.76. The van der Waals surface area contributed by atoms with Crippen molar-refractivity contribution in [3.8, 4) is 11.5 Å². The molecule has 1 atom stereocenters. The molecule has 6 heteroatoms. The number of hydrogen-bond donors (Lipinski definition) is 3. The fourth-order valence-electron chi connectivity index (χ4n) is 2.97. The van der Waals surface area contributed by atoms with Gasteiger partial charge in [0.1, 0.15) is 11.5 Å². The van der Waals surface area contributed by atoms with E-state index >= 15 is 0 Å². The summed E-state index contributed by atoms with van der Waals surface area (Å²) in [5.41, 5.74) is 9.74. The number of nitrogens with zero attached hydrogens (tertiary/aromatic N) is 1. The molecule has 4 aromatic rings. The maximum absolute atomic E-state index is 5.66. The molecule has 0 aliphatic heterocycles. The van der Waals surface area contributed by atoms with Gasteiger partial charge in [0.05, 0.1) is 19.7 Å². The van der Waals surface area contributed by atoms with E-state index in [2.05, 4.69) is 22.9 Å². The SMILES string of the molecule is COc1ccc(C(C)N)cc1.COc1ccc2c(Nc3ccc(S)cc3)ccnc2c1. The van der Waals surface area contributed by atoms with E-state index in [4.69, 9.17) is 15.2 Å². The molecule has 3 aromatic carbocycles. The van der Waals surface area contributed by atoms with Gasteiger partial charge in [0.25, 0.3) is 0 Å². The molecule has 0 fully saturated rings. The first-order chi connectivity index (χ1) is 15.0. The second kappa shape index (κ2) is 10.7. The van der Waals surface area contributed by atoms with Crippen molar-refractivity contribution in [1.29, 1.82) is 0 Å². The molecule has 0 saturated heterocycles. The van der Waals surface area contributed by atoms with Crippen LogP contribution in [0.2, 0.25) is 0 Å². The standard InChI is InChI=1S/C16H14N2OS.C9H13NO/c1-19-12-4-7-14-15(8-9-17-16(14)10-12)18-11-2-5-13(20)6-3-11;1-7(10)8-3-5-9(11-2)6-4-8/h2-10,20H,1H3,(H,17,18);3-7H,10H2,1-2H3. The lowest BCUT2D eigenvalue weighted by molar-refractivity contribution is 0.414. The third-order valence-electron chi connectivity index (χ3n) is 4.74. The highest BCUT2D eigenvalue weighted by molar-refractivity contribution is 7.80. The minimum absolute atomic E-state index is 0.0981. The van der Waals surface area contributed by atoms with Crippen LogP contribution >= 0.6 is 12.6 Å². The third kappa shape index (κ3) is 6.13. The summed E-state index contributed by atoms with van der Waals surface area (Å²) in [6.07, 6.45) is 1.79. The number of rotatable bonds is 5. The summed E-state index contributed by atoms with van der Waals surface area (Å²) < 4.78 is 10.2. The van der Waals surface area contributed by atoms with E-state index in [1.807, 2.05) is 79.7 Å². The lowest BCUT2D eigenvalue weighted by Gasteiger charge is -2.10. The van der Waals surface area contributed by atoms with Crippen LogP contribution in [0, 0.1) is 0 Å². The number of anilines is 2. The number of aromatic nitrogens is 1. The first-order valence-electron chi connectivity index (χ1n) is 9.88. The van der Waals surface area contributed by atoms with Crippen LogP contribution in [0.5, 0.6) is 11.5 Å². The van der Waals surface area contributed by atoms with Crippen LogP contribution < -0.4 is 20.5 Å². The molecule has 31 heavy (non-hydrogen) atoms. The number of benzene rings is 3. The molecule has 4 rings (SSSR count). The average molecular weight is 434 g/mol. The van der Waals surface area contributed by atoms with Gasteiger partial charge < -0.3 is 20.5 Å². The quantitative estimate of drug-likeness (QED) is 0.337. The van der Waals surface area contributed by atoms with Gasteiger partial charge in [-0.25, -0.2) is 0 Å². The fraction of sp³-hybridized carbons (Fsp3) is 0.160. The van der Waals surface area contributed by atoms with Gasteiger partial charge in [0.15, 0.2) is 0 Å². The van der Waals surface area contributed by atoms with E-state index in [1.54, 1.807) is 20.4 Å². The molecule has 3 N–H and O–H groups in total. The molecular weight excluding hydrogens is 406 g/mol. The maximum Gasteiger partial charge on any atom is 0.121 e. The minimum atomic E-state index is 0.0981. The van der Waals surface area contributed by atoms with Gasteiger partial charge >= 0.3 is 0 Å². The van der Waals surface area contributed by atoms with Crippen molar-refractivity contribution >= 4 is 34.9 Å². The third-order valence-corrected chi connectivity index (χ3v) is 5.04. The lowest BCUT2D eigenvalue weighted by Crippen LogP contribution is -2.04. The van der Waals surface area contributed by atoms with Crippen molar-refractivity contribution < 1.29 is 9.47 Å². The Bertz CT molecular complexity index is 1110. The lowest BCUT2D eigenvalue weighted by atomic mass is 10.1. The molecule has 0 spiro atoms. The van der Waals surface area contributed by atoms with Gasteiger partial charge in [-0.05, 0) is 67.1 Å². The molecule has 1 unspecified atom stereocenters. The second-order valence-electron chi connectivity index (χ2n) is 6.98. The monoisotopic (exact) mass is 433 g/mol. The summed E-state index contributed by atoms with van der Waals surface area (Å²) in [5, 5.41) is 4.46. The number of hydrogen-bond acceptors (Lipinski definition) is 6. The molecule has 1 heterocycles. The zero-order valence-electron chi connectivity index (χ0n) is 17.9. The van der Waals surface area contributed by atoms with Gasteiger partial charge in [0.2, 0.25) is 0 Å². The van der Waals surface area contributed by atoms with Crippen LogP contribution in [0.3, 0.4) is 0 Å². The second-order valence-corrected chi connectivity index (χ2v) is 7.49. The average Bonchev–Trinajstić information content (AvgIpc) is 2.81. The Morgan fingerprint density at radius 3 is 2.13 bits per heavy atom. The van der Waals surface area contributed by atoms with E-state index < -0.39 is 0 Å². The van der Waals surface area contributed by atoms with Gasteiger partial charge in [0, 0.05) is 40.0 Å². The van der Waals surface area contributed by atoms with Crippen LogP contribution in [0.4, 0.5) is 11.4 Å². The summed E-state index contributed by atoms with van der Waals surface area (Å²) >= 11 is 4.29. The van der Waals surface area contributed by atoms with Gasteiger partial charge in [-0.3, -0.25) is 4.98 Å². The van der Waals surface area contributed by atoms with Crippen molar-refractivity contribution in [3.05, 3.63) is 84.6 Å². The first-order valence-corrected chi connectivity index (χ1v) is 10.3. The van der Waals surface area contributed by atoms with Gasteiger partial charge in [-0.1, -0.05) is 12.1 Å². The van der Waals surface area contributed by atoms with E-state index in [9.17, 15) is 0 Å². The van der Waals surface area contributed by atoms with Crippen molar-refractivity contribution in [2.45, 2.75) is 17.9 Å². The summed E-state index contributed by atoms with van der Waals surface area (Å²) in [5.74, 6) is 1.68. The summed E-state index contributed by atoms with van der Waals surface area (Å²) in [4.78, 5) is 5.32. The van der Waals surface area contributed by atoms with E-state index in [-0.39, 0.29) is 6.04 Å². The number of pyridine rings is 1. The molecule has 1 aromatic heterocycles. The Hall–Kier alpha value is -3.22. The molecule has 0 aliphatic rings. The predicted octanol–water partition coefficient (Wildman–Crippen LogP) is 5.99. The van der Waals surface area contributed by atoms with Crippen LogP contribution in [0.15, 0.2) is 83.9 Å². The highest BCUT2D eigenvalue weighted by Gasteiger charge is 2.04. The predicted molar refractivity (Wildman–Crippen MR) is 131 cm³/mol. The number of thiol groups is 1. The summed E-state index contributed by atoms with van der Waals surface area (Å²) in [6, 6.07) is 23.6. The Balaban J connectivity index is 0.000000210. The van der Waals surface area contributed by atoms with E-state index in [0.29, 0.717) is 0 Å².